The largest absolute Gasteiger partial charge is 0.355 e. The molecule has 28 heavy (non-hydrogen) atoms. The summed E-state index contributed by atoms with van der Waals surface area (Å²) in [5, 5.41) is 0. The minimum atomic E-state index is 0. The molecule has 0 atom stereocenters. The predicted molar refractivity (Wildman–Crippen MR) is 117 cm³/mol. The van der Waals surface area contributed by atoms with Crippen molar-refractivity contribution in [2.45, 2.75) is 19.3 Å². The van der Waals surface area contributed by atoms with Gasteiger partial charge in [-0.15, -0.1) is 24.8 Å². The lowest BCUT2D eigenvalue weighted by Crippen LogP contribution is -2.45. The van der Waals surface area contributed by atoms with E-state index in [1.165, 1.54) is 5.56 Å². The molecule has 1 fully saturated rings. The molecule has 6 nitrogen and oxygen atoms in total. The van der Waals surface area contributed by atoms with E-state index in [2.05, 4.69) is 27.0 Å². The van der Waals surface area contributed by atoms with Crippen LogP contribution in [0, 0.1) is 5.92 Å². The molecule has 0 radical (unpaired) electrons. The molecule has 0 aliphatic carbocycles. The second kappa shape index (κ2) is 12.5. The molecule has 8 heteroatoms. The van der Waals surface area contributed by atoms with Gasteiger partial charge in [0.1, 0.15) is 5.82 Å². The normalized spacial score (nSPS) is 14.0. The highest BCUT2D eigenvalue weighted by Crippen LogP contribution is 2.23. The maximum atomic E-state index is 13.0. The van der Waals surface area contributed by atoms with Gasteiger partial charge in [-0.1, -0.05) is 30.3 Å². The minimum Gasteiger partial charge on any atom is -0.355 e. The van der Waals surface area contributed by atoms with Gasteiger partial charge in [-0.2, -0.15) is 0 Å². The van der Waals surface area contributed by atoms with Crippen molar-refractivity contribution < 1.29 is 4.79 Å². The third-order valence-corrected chi connectivity index (χ3v) is 4.94. The Morgan fingerprint density at radius 3 is 2.43 bits per heavy atom. The number of benzene rings is 1. The van der Waals surface area contributed by atoms with Crippen molar-refractivity contribution in [2.75, 3.05) is 37.6 Å². The highest BCUT2D eigenvalue weighted by molar-refractivity contribution is 5.85. The first-order valence-corrected chi connectivity index (χ1v) is 9.31. The summed E-state index contributed by atoms with van der Waals surface area (Å²) in [6.45, 7) is 3.52. The van der Waals surface area contributed by atoms with Crippen molar-refractivity contribution in [1.82, 2.24) is 14.9 Å². The van der Waals surface area contributed by atoms with Crippen LogP contribution in [0.15, 0.2) is 48.9 Å². The van der Waals surface area contributed by atoms with Gasteiger partial charge < -0.3 is 15.5 Å². The van der Waals surface area contributed by atoms with Gasteiger partial charge in [-0.05, 0) is 24.8 Å². The van der Waals surface area contributed by atoms with Crippen LogP contribution in [0.5, 0.6) is 0 Å². The SMILES string of the molecule is Cl.Cl.NCCN(CCc1ccccc1)C(=O)C1CCN(c2cnccn2)CC1. The molecular weight excluding hydrogens is 397 g/mol. The first-order chi connectivity index (χ1) is 12.8. The summed E-state index contributed by atoms with van der Waals surface area (Å²) in [6.07, 6.45) is 7.73. The molecule has 2 aromatic rings. The second-order valence-corrected chi connectivity index (χ2v) is 6.67. The van der Waals surface area contributed by atoms with Gasteiger partial charge in [0.2, 0.25) is 5.91 Å². The summed E-state index contributed by atoms with van der Waals surface area (Å²) in [7, 11) is 0. The van der Waals surface area contributed by atoms with Gasteiger partial charge in [-0.3, -0.25) is 9.78 Å². The van der Waals surface area contributed by atoms with Crippen molar-refractivity contribution >= 4 is 36.5 Å². The Morgan fingerprint density at radius 2 is 1.82 bits per heavy atom. The Bertz CT molecular complexity index is 682. The van der Waals surface area contributed by atoms with E-state index in [0.29, 0.717) is 13.1 Å². The van der Waals surface area contributed by atoms with Crippen molar-refractivity contribution in [3.8, 4) is 0 Å². The Hall–Kier alpha value is -1.89. The molecular formula is C20H29Cl2N5O. The zero-order valence-corrected chi connectivity index (χ0v) is 17.6. The Morgan fingerprint density at radius 1 is 1.11 bits per heavy atom. The van der Waals surface area contributed by atoms with E-state index in [1.54, 1.807) is 18.6 Å². The van der Waals surface area contributed by atoms with E-state index in [9.17, 15) is 4.79 Å². The fourth-order valence-corrected chi connectivity index (χ4v) is 3.47. The molecule has 0 saturated carbocycles. The van der Waals surface area contributed by atoms with E-state index < -0.39 is 0 Å². The number of carbonyl (C=O) groups excluding carboxylic acids is 1. The van der Waals surface area contributed by atoms with Crippen LogP contribution in [0.25, 0.3) is 0 Å². The van der Waals surface area contributed by atoms with Crippen molar-refractivity contribution in [2.24, 2.45) is 11.7 Å². The fourth-order valence-electron chi connectivity index (χ4n) is 3.47. The summed E-state index contributed by atoms with van der Waals surface area (Å²) in [4.78, 5) is 25.6. The van der Waals surface area contributed by atoms with Crippen LogP contribution in [0.1, 0.15) is 18.4 Å². The number of carbonyl (C=O) groups is 1. The summed E-state index contributed by atoms with van der Waals surface area (Å²) in [6, 6.07) is 10.3. The summed E-state index contributed by atoms with van der Waals surface area (Å²) >= 11 is 0. The zero-order valence-electron chi connectivity index (χ0n) is 15.9. The van der Waals surface area contributed by atoms with Gasteiger partial charge in [0.05, 0.1) is 6.20 Å². The molecule has 2 heterocycles. The van der Waals surface area contributed by atoms with Crippen molar-refractivity contribution in [3.63, 3.8) is 0 Å². The third-order valence-electron chi connectivity index (χ3n) is 4.94. The quantitative estimate of drug-likeness (QED) is 0.737. The average Bonchev–Trinajstić information content (AvgIpc) is 2.72. The van der Waals surface area contributed by atoms with E-state index in [0.717, 1.165) is 44.7 Å². The molecule has 3 rings (SSSR count). The predicted octanol–water partition coefficient (Wildman–Crippen LogP) is 2.57. The number of hydrogen-bond acceptors (Lipinski definition) is 5. The van der Waals surface area contributed by atoms with Gasteiger partial charge >= 0.3 is 0 Å². The maximum Gasteiger partial charge on any atom is 0.225 e. The molecule has 1 aromatic carbocycles. The fraction of sp³-hybridized carbons (Fsp3) is 0.450. The monoisotopic (exact) mass is 425 g/mol. The van der Waals surface area contributed by atoms with E-state index >= 15 is 0 Å². The first kappa shape index (κ1) is 24.1. The van der Waals surface area contributed by atoms with E-state index in [1.807, 2.05) is 23.1 Å². The molecule has 1 aliphatic rings. The molecule has 1 aliphatic heterocycles. The second-order valence-electron chi connectivity index (χ2n) is 6.67. The number of amides is 1. The number of rotatable bonds is 7. The van der Waals surface area contributed by atoms with E-state index in [4.69, 9.17) is 5.73 Å². The molecule has 1 aromatic heterocycles. The molecule has 0 bridgehead atoms. The third kappa shape index (κ3) is 6.62. The maximum absolute atomic E-state index is 13.0. The summed E-state index contributed by atoms with van der Waals surface area (Å²) < 4.78 is 0. The lowest BCUT2D eigenvalue weighted by molar-refractivity contribution is -0.136. The van der Waals surface area contributed by atoms with Gasteiger partial charge in [0.25, 0.3) is 0 Å². The number of halogens is 2. The molecule has 1 saturated heterocycles. The Kier molecular flexibility index (Phi) is 10.8. The Labute approximate surface area is 179 Å². The van der Waals surface area contributed by atoms with Crippen LogP contribution in [0.2, 0.25) is 0 Å². The smallest absolute Gasteiger partial charge is 0.225 e. The standard InChI is InChI=1S/C20H27N5O.2ClH/c21-9-15-25(12-6-17-4-2-1-3-5-17)20(26)18-7-13-24(14-8-18)19-16-22-10-11-23-19;;/h1-5,10-11,16,18H,6-9,12-15,21H2;2*1H. The molecule has 154 valence electrons. The lowest BCUT2D eigenvalue weighted by atomic mass is 9.95. The van der Waals surface area contributed by atoms with Crippen LogP contribution >= 0.6 is 24.8 Å². The zero-order chi connectivity index (χ0) is 18.2. The van der Waals surface area contributed by atoms with Gasteiger partial charge in [0, 0.05) is 51.0 Å². The average molecular weight is 426 g/mol. The number of aromatic nitrogens is 2. The minimum absolute atomic E-state index is 0. The van der Waals surface area contributed by atoms with Crippen LogP contribution in [-0.4, -0.2) is 53.5 Å². The molecule has 2 N–H and O–H groups in total. The topological polar surface area (TPSA) is 75.3 Å². The number of anilines is 1. The first-order valence-electron chi connectivity index (χ1n) is 9.31. The molecule has 0 spiro atoms. The number of piperidine rings is 1. The Balaban J connectivity index is 0.00000196. The van der Waals surface area contributed by atoms with Gasteiger partial charge in [0.15, 0.2) is 0 Å². The van der Waals surface area contributed by atoms with Gasteiger partial charge in [-0.25, -0.2) is 4.98 Å². The van der Waals surface area contributed by atoms with Crippen molar-refractivity contribution in [1.29, 1.82) is 0 Å². The highest BCUT2D eigenvalue weighted by Gasteiger charge is 2.28. The molecule has 1 amide bonds. The van der Waals surface area contributed by atoms with Crippen molar-refractivity contribution in [3.05, 3.63) is 54.5 Å². The van der Waals surface area contributed by atoms with Crippen LogP contribution in [0.3, 0.4) is 0 Å². The lowest BCUT2D eigenvalue weighted by Gasteiger charge is -2.34. The van der Waals surface area contributed by atoms with Crippen LogP contribution in [0.4, 0.5) is 5.82 Å². The number of hydrogen-bond donors (Lipinski definition) is 1. The molecule has 0 unspecified atom stereocenters. The highest BCUT2D eigenvalue weighted by atomic mass is 35.5. The van der Waals surface area contributed by atoms with Crippen LogP contribution < -0.4 is 10.6 Å². The van der Waals surface area contributed by atoms with E-state index in [-0.39, 0.29) is 36.6 Å². The summed E-state index contributed by atoms with van der Waals surface area (Å²) in [5.41, 5.74) is 7.00. The number of nitrogens with two attached hydrogens (primary N) is 1. The number of nitrogens with zero attached hydrogens (tertiary/aromatic N) is 4. The van der Waals surface area contributed by atoms with Crippen LogP contribution in [-0.2, 0) is 11.2 Å². The summed E-state index contributed by atoms with van der Waals surface area (Å²) in [5.74, 6) is 1.21.